The Bertz CT molecular complexity index is 1170. The average molecular weight is 592 g/mol. The number of hydrogen-bond acceptors (Lipinski definition) is 7. The van der Waals surface area contributed by atoms with Crippen molar-refractivity contribution in [1.29, 1.82) is 0 Å². The molecule has 3 atom stereocenters. The van der Waals surface area contributed by atoms with Crippen LogP contribution in [0.3, 0.4) is 0 Å². The molecule has 43 heavy (non-hydrogen) atoms. The van der Waals surface area contributed by atoms with Gasteiger partial charge in [-0.2, -0.15) is 0 Å². The highest BCUT2D eigenvalue weighted by Gasteiger charge is 2.57. The minimum Gasteiger partial charge on any atom is -0.554 e. The molecule has 8 nitrogen and oxygen atoms in total. The fourth-order valence-electron chi connectivity index (χ4n) is 7.74. The van der Waals surface area contributed by atoms with Gasteiger partial charge in [0.2, 0.25) is 11.9 Å². The molecule has 0 aromatic heterocycles. The fraction of sp³-hybridized carbons (Fsp3) is 0.571. The molecule has 2 aromatic rings. The number of carbonyl (C=O) groups is 3. The van der Waals surface area contributed by atoms with Crippen molar-refractivity contribution in [1.82, 2.24) is 0 Å². The van der Waals surface area contributed by atoms with E-state index in [4.69, 9.17) is 24.1 Å². The highest BCUT2D eigenvalue weighted by molar-refractivity contribution is 5.86. The van der Waals surface area contributed by atoms with Gasteiger partial charge in [0.15, 0.2) is 0 Å². The van der Waals surface area contributed by atoms with Gasteiger partial charge < -0.3 is 28.6 Å². The van der Waals surface area contributed by atoms with Crippen LogP contribution < -0.4 is 5.11 Å². The topological polar surface area (TPSA) is 102 Å². The third-order valence-electron chi connectivity index (χ3n) is 9.80. The standard InChI is InChI=1S/C34H44NO5.CH2O2/c1-24(2)21-31(36)39-32(25-15-16-25)40-34(26-11-5-3-6-12-26,27-13-7-4-8-14-27)33(37)38-30-22-28-17-18-29(23-30)35(28)19-9-10-20-35;2-1-3/h3-8,11-14,24-25,28-30,32H,9-10,15-23H2,1-2H3;1H,(H,2,3)/q+1;/p-1. The van der Waals surface area contributed by atoms with Crippen molar-refractivity contribution < 1.29 is 38.2 Å². The molecule has 0 amide bonds. The van der Waals surface area contributed by atoms with E-state index in [1.807, 2.05) is 74.5 Å². The molecule has 6 rings (SSSR count). The molecule has 4 fully saturated rings. The Kier molecular flexibility index (Phi) is 9.87. The molecule has 4 aliphatic rings. The predicted molar refractivity (Wildman–Crippen MR) is 158 cm³/mol. The lowest BCUT2D eigenvalue weighted by atomic mass is 9.85. The van der Waals surface area contributed by atoms with E-state index < -0.39 is 24.3 Å². The molecule has 3 aliphatic heterocycles. The number of carboxylic acid groups (broad SMARTS) is 1. The first-order valence-corrected chi connectivity index (χ1v) is 15.9. The lowest BCUT2D eigenvalue weighted by Crippen LogP contribution is -2.60. The lowest BCUT2D eigenvalue weighted by Gasteiger charge is -2.47. The van der Waals surface area contributed by atoms with Crippen LogP contribution in [0.2, 0.25) is 0 Å². The van der Waals surface area contributed by atoms with E-state index in [1.54, 1.807) is 0 Å². The maximum absolute atomic E-state index is 14.6. The van der Waals surface area contributed by atoms with Crippen LogP contribution in [-0.2, 0) is 34.2 Å². The van der Waals surface area contributed by atoms with Gasteiger partial charge in [0, 0.05) is 57.3 Å². The zero-order valence-corrected chi connectivity index (χ0v) is 25.4. The van der Waals surface area contributed by atoms with Crippen LogP contribution >= 0.6 is 0 Å². The summed E-state index contributed by atoms with van der Waals surface area (Å²) in [6.07, 6.45) is 8.08. The van der Waals surface area contributed by atoms with Gasteiger partial charge in [-0.3, -0.25) is 4.79 Å². The molecular weight excluding hydrogens is 546 g/mol. The first-order valence-electron chi connectivity index (χ1n) is 15.9. The quantitative estimate of drug-likeness (QED) is 0.174. The van der Waals surface area contributed by atoms with E-state index >= 15 is 0 Å². The number of hydrogen-bond donors (Lipinski definition) is 0. The molecule has 1 spiro atoms. The monoisotopic (exact) mass is 591 g/mol. The molecular formula is C35H45NO7. The van der Waals surface area contributed by atoms with E-state index in [-0.39, 0.29) is 23.9 Å². The molecule has 1 aliphatic carbocycles. The van der Waals surface area contributed by atoms with Gasteiger partial charge >= 0.3 is 11.9 Å². The van der Waals surface area contributed by atoms with Crippen LogP contribution in [0.25, 0.3) is 0 Å². The van der Waals surface area contributed by atoms with Crippen molar-refractivity contribution in [3.05, 3.63) is 71.8 Å². The Balaban J connectivity index is 0.00000118. The molecule has 2 aromatic carbocycles. The summed E-state index contributed by atoms with van der Waals surface area (Å²) in [7, 11) is 0. The van der Waals surface area contributed by atoms with E-state index in [2.05, 4.69) is 0 Å². The van der Waals surface area contributed by atoms with Crippen molar-refractivity contribution in [2.75, 3.05) is 13.1 Å². The van der Waals surface area contributed by atoms with Crippen molar-refractivity contribution >= 4 is 18.4 Å². The number of carbonyl (C=O) groups excluding carboxylic acids is 3. The first kappa shape index (κ1) is 31.2. The number of rotatable bonds is 10. The Hall–Kier alpha value is -3.23. The maximum Gasteiger partial charge on any atom is 0.348 e. The van der Waals surface area contributed by atoms with Gasteiger partial charge in [-0.05, 0) is 29.9 Å². The maximum atomic E-state index is 14.6. The lowest BCUT2D eigenvalue weighted by molar-refractivity contribution is -0.956. The second-order valence-corrected chi connectivity index (χ2v) is 13.1. The summed E-state index contributed by atoms with van der Waals surface area (Å²) in [5, 5.41) is 8.25. The highest BCUT2D eigenvalue weighted by atomic mass is 16.7. The Labute approximate surface area is 254 Å². The minimum absolute atomic E-state index is 0.0701. The first-order chi connectivity index (χ1) is 20.8. The van der Waals surface area contributed by atoms with Gasteiger partial charge in [0.05, 0.1) is 25.2 Å². The molecule has 2 bridgehead atoms. The van der Waals surface area contributed by atoms with Gasteiger partial charge in [-0.25, -0.2) is 4.79 Å². The summed E-state index contributed by atoms with van der Waals surface area (Å²) in [5.41, 5.74) is -0.151. The van der Waals surface area contributed by atoms with Crippen LogP contribution in [0.4, 0.5) is 0 Å². The van der Waals surface area contributed by atoms with E-state index in [0.717, 1.165) is 25.7 Å². The van der Waals surface area contributed by atoms with Gasteiger partial charge in [0.25, 0.3) is 0 Å². The molecule has 232 valence electrons. The second-order valence-electron chi connectivity index (χ2n) is 13.1. The largest absolute Gasteiger partial charge is 0.554 e. The third kappa shape index (κ3) is 6.65. The number of piperidine rings is 1. The SMILES string of the molecule is CC(C)CC(=O)OC(OC(C(=O)OC1CC2CCC(C1)[N+]21CCCC1)(c1ccccc1)c1ccccc1)C1CC1.O=C[O-]. The van der Waals surface area contributed by atoms with Crippen LogP contribution in [0, 0.1) is 11.8 Å². The summed E-state index contributed by atoms with van der Waals surface area (Å²) in [5.74, 6) is -0.456. The summed E-state index contributed by atoms with van der Waals surface area (Å²) < 4.78 is 20.5. The smallest absolute Gasteiger partial charge is 0.348 e. The summed E-state index contributed by atoms with van der Waals surface area (Å²) >= 11 is 0. The van der Waals surface area contributed by atoms with Crippen LogP contribution in [-0.4, -0.2) is 60.5 Å². The zero-order chi connectivity index (χ0) is 30.5. The number of ether oxygens (including phenoxy) is 3. The highest BCUT2D eigenvalue weighted by Crippen LogP contribution is 2.48. The molecule has 0 N–H and O–H groups in total. The number of benzene rings is 2. The van der Waals surface area contributed by atoms with E-state index in [0.29, 0.717) is 29.6 Å². The molecule has 0 radical (unpaired) electrons. The zero-order valence-electron chi connectivity index (χ0n) is 25.4. The third-order valence-corrected chi connectivity index (χ3v) is 9.80. The normalized spacial score (nSPS) is 24.6. The Morgan fingerprint density at radius 2 is 1.42 bits per heavy atom. The number of quaternary nitrogens is 1. The summed E-state index contributed by atoms with van der Waals surface area (Å²) in [6.45, 7) is 6.05. The molecule has 1 saturated carbocycles. The molecule has 3 heterocycles. The number of esters is 2. The fourth-order valence-corrected chi connectivity index (χ4v) is 7.74. The van der Waals surface area contributed by atoms with Gasteiger partial charge in [-0.15, -0.1) is 0 Å². The van der Waals surface area contributed by atoms with Crippen LogP contribution in [0.15, 0.2) is 60.7 Å². The minimum atomic E-state index is -1.54. The van der Waals surface area contributed by atoms with Gasteiger partial charge in [0.1, 0.15) is 6.10 Å². The van der Waals surface area contributed by atoms with Crippen molar-refractivity contribution in [2.24, 2.45) is 11.8 Å². The average Bonchev–Trinajstić information content (AvgIpc) is 3.71. The van der Waals surface area contributed by atoms with Gasteiger partial charge in [-0.1, -0.05) is 74.5 Å². The molecule has 3 unspecified atom stereocenters. The molecule has 8 heteroatoms. The van der Waals surface area contributed by atoms with Crippen molar-refractivity contribution in [3.8, 4) is 0 Å². The van der Waals surface area contributed by atoms with E-state index in [9.17, 15) is 9.59 Å². The predicted octanol–water partition coefficient (Wildman–Crippen LogP) is 4.49. The van der Waals surface area contributed by atoms with Crippen molar-refractivity contribution in [2.45, 2.75) is 102 Å². The Morgan fingerprint density at radius 3 is 1.88 bits per heavy atom. The number of nitrogens with zero attached hydrogens (tertiary/aromatic N) is 1. The second kappa shape index (κ2) is 13.6. The van der Waals surface area contributed by atoms with Crippen LogP contribution in [0.1, 0.15) is 82.8 Å². The van der Waals surface area contributed by atoms with E-state index in [1.165, 1.54) is 43.3 Å². The molecule has 3 saturated heterocycles. The summed E-state index contributed by atoms with van der Waals surface area (Å²) in [6, 6.07) is 20.4. The van der Waals surface area contributed by atoms with Crippen molar-refractivity contribution in [3.63, 3.8) is 0 Å². The Morgan fingerprint density at radius 1 is 0.907 bits per heavy atom. The summed E-state index contributed by atoms with van der Waals surface area (Å²) in [4.78, 5) is 35.7. The van der Waals surface area contributed by atoms with Crippen LogP contribution in [0.5, 0.6) is 0 Å².